The molecule has 0 fully saturated rings. The quantitative estimate of drug-likeness (QED) is 0.745. The van der Waals surface area contributed by atoms with Crippen molar-refractivity contribution in [1.82, 2.24) is 0 Å². The van der Waals surface area contributed by atoms with E-state index in [9.17, 15) is 5.11 Å². The average Bonchev–Trinajstić information content (AvgIpc) is 2.91. The van der Waals surface area contributed by atoms with E-state index < -0.39 is 6.10 Å². The van der Waals surface area contributed by atoms with E-state index >= 15 is 0 Å². The zero-order valence-corrected chi connectivity index (χ0v) is 12.3. The van der Waals surface area contributed by atoms with Crippen molar-refractivity contribution in [2.24, 2.45) is 0 Å². The maximum Gasteiger partial charge on any atom is 0.140 e. The topological polar surface area (TPSA) is 46.5 Å². The zero-order chi connectivity index (χ0) is 14.4. The Morgan fingerprint density at radius 3 is 2.45 bits per heavy atom. The third kappa shape index (κ3) is 2.03. The van der Waals surface area contributed by atoms with Crippen LogP contribution < -0.4 is 0 Å². The van der Waals surface area contributed by atoms with Gasteiger partial charge in [-0.2, -0.15) is 0 Å². The molecule has 3 nitrogen and oxygen atoms in total. The maximum absolute atomic E-state index is 10.6. The Labute approximate surface area is 121 Å². The van der Waals surface area contributed by atoms with Crippen LogP contribution in [0.4, 0.5) is 0 Å². The van der Waals surface area contributed by atoms with Crippen molar-refractivity contribution in [1.29, 1.82) is 0 Å². The Kier molecular flexibility index (Phi) is 3.11. The highest BCUT2D eigenvalue weighted by molar-refractivity contribution is 6.31. The van der Waals surface area contributed by atoms with Crippen LogP contribution in [-0.2, 0) is 0 Å². The Morgan fingerprint density at radius 2 is 1.80 bits per heavy atom. The van der Waals surface area contributed by atoms with Gasteiger partial charge in [-0.15, -0.1) is 0 Å². The lowest BCUT2D eigenvalue weighted by Crippen LogP contribution is -2.00. The minimum atomic E-state index is -0.835. The van der Waals surface area contributed by atoms with E-state index in [1.807, 2.05) is 32.9 Å². The summed E-state index contributed by atoms with van der Waals surface area (Å²) in [5.41, 5.74) is 2.43. The molecule has 104 valence electrons. The van der Waals surface area contributed by atoms with E-state index in [2.05, 4.69) is 0 Å². The van der Waals surface area contributed by atoms with Crippen molar-refractivity contribution in [3.63, 3.8) is 0 Å². The van der Waals surface area contributed by atoms with Crippen LogP contribution in [0.3, 0.4) is 0 Å². The zero-order valence-electron chi connectivity index (χ0n) is 11.5. The third-order valence-electron chi connectivity index (χ3n) is 3.66. The number of furan rings is 2. The van der Waals surface area contributed by atoms with Crippen molar-refractivity contribution in [3.8, 4) is 0 Å². The molecule has 1 aromatic carbocycles. The molecular weight excluding hydrogens is 276 g/mol. The Balaban J connectivity index is 2.10. The number of benzene rings is 1. The molecular formula is C16H15ClO3. The summed E-state index contributed by atoms with van der Waals surface area (Å²) in [6, 6.07) is 7.19. The van der Waals surface area contributed by atoms with Crippen molar-refractivity contribution < 1.29 is 13.9 Å². The van der Waals surface area contributed by atoms with Crippen LogP contribution in [0.5, 0.6) is 0 Å². The summed E-state index contributed by atoms with van der Waals surface area (Å²) in [4.78, 5) is 0. The van der Waals surface area contributed by atoms with Crippen LogP contribution in [0, 0.1) is 20.8 Å². The molecule has 3 aromatic rings. The standard InChI is InChI=1S/C16H15ClO3/c1-8-9(2)19-10(3)15(8)16(18)14-7-11-6-12(17)4-5-13(11)20-14/h4-7,16,18H,1-3H3. The second-order valence-electron chi connectivity index (χ2n) is 4.99. The molecule has 1 N–H and O–H groups in total. The van der Waals surface area contributed by atoms with Crippen LogP contribution in [0.15, 0.2) is 33.1 Å². The monoisotopic (exact) mass is 290 g/mol. The average molecular weight is 291 g/mol. The van der Waals surface area contributed by atoms with Crippen LogP contribution >= 0.6 is 11.6 Å². The second-order valence-corrected chi connectivity index (χ2v) is 5.42. The van der Waals surface area contributed by atoms with Crippen LogP contribution in [-0.4, -0.2) is 5.11 Å². The molecule has 2 heterocycles. The third-order valence-corrected chi connectivity index (χ3v) is 3.89. The molecule has 3 rings (SSSR count). The van der Waals surface area contributed by atoms with Gasteiger partial charge in [-0.3, -0.25) is 0 Å². The molecule has 0 radical (unpaired) electrons. The number of aryl methyl sites for hydroxylation is 2. The molecule has 1 atom stereocenters. The maximum atomic E-state index is 10.6. The Bertz CT molecular complexity index is 782. The molecule has 1 unspecified atom stereocenters. The van der Waals surface area contributed by atoms with Crippen molar-refractivity contribution >= 4 is 22.6 Å². The number of aliphatic hydroxyl groups excluding tert-OH is 1. The first-order valence-electron chi connectivity index (χ1n) is 6.41. The molecule has 20 heavy (non-hydrogen) atoms. The fourth-order valence-corrected chi connectivity index (χ4v) is 2.70. The Morgan fingerprint density at radius 1 is 1.05 bits per heavy atom. The number of fused-ring (bicyclic) bond motifs is 1. The molecule has 0 saturated heterocycles. The van der Waals surface area contributed by atoms with Crippen molar-refractivity contribution in [2.45, 2.75) is 26.9 Å². The van der Waals surface area contributed by atoms with Crippen molar-refractivity contribution in [3.05, 3.63) is 57.7 Å². The van der Waals surface area contributed by atoms with Gasteiger partial charge in [-0.05, 0) is 50.6 Å². The Hall–Kier alpha value is -1.71. The first-order valence-corrected chi connectivity index (χ1v) is 6.78. The number of halogens is 1. The summed E-state index contributed by atoms with van der Waals surface area (Å²) in [5, 5.41) is 12.1. The van der Waals surface area contributed by atoms with Gasteiger partial charge in [0.2, 0.25) is 0 Å². The summed E-state index contributed by atoms with van der Waals surface area (Å²) < 4.78 is 11.3. The van der Waals surface area contributed by atoms with Gasteiger partial charge >= 0.3 is 0 Å². The van der Waals surface area contributed by atoms with E-state index in [-0.39, 0.29) is 0 Å². The minimum Gasteiger partial charge on any atom is -0.466 e. The van der Waals surface area contributed by atoms with Gasteiger partial charge < -0.3 is 13.9 Å². The number of rotatable bonds is 2. The summed E-state index contributed by atoms with van der Waals surface area (Å²) >= 11 is 5.96. The van der Waals surface area contributed by atoms with Gasteiger partial charge in [0.1, 0.15) is 29.0 Å². The lowest BCUT2D eigenvalue weighted by atomic mass is 10.0. The van der Waals surface area contributed by atoms with Crippen LogP contribution in [0.1, 0.15) is 34.5 Å². The van der Waals surface area contributed by atoms with E-state index in [1.54, 1.807) is 12.1 Å². The predicted molar refractivity (Wildman–Crippen MR) is 78.2 cm³/mol. The molecule has 0 bridgehead atoms. The SMILES string of the molecule is Cc1oc(C)c(C(O)c2cc3cc(Cl)ccc3o2)c1C. The van der Waals surface area contributed by atoms with E-state index in [4.69, 9.17) is 20.4 Å². The van der Waals surface area contributed by atoms with Gasteiger partial charge in [0.25, 0.3) is 0 Å². The van der Waals surface area contributed by atoms with Crippen LogP contribution in [0.25, 0.3) is 11.0 Å². The predicted octanol–water partition coefficient (Wildman–Crippen LogP) is 4.69. The lowest BCUT2D eigenvalue weighted by molar-refractivity contribution is 0.189. The molecule has 0 amide bonds. The summed E-state index contributed by atoms with van der Waals surface area (Å²) in [5.74, 6) is 2.02. The lowest BCUT2D eigenvalue weighted by Gasteiger charge is -2.07. The fraction of sp³-hybridized carbons (Fsp3) is 0.250. The summed E-state index contributed by atoms with van der Waals surface area (Å²) in [7, 11) is 0. The summed E-state index contributed by atoms with van der Waals surface area (Å²) in [6.45, 7) is 5.67. The normalized spacial score (nSPS) is 13.1. The number of hydrogen-bond acceptors (Lipinski definition) is 3. The van der Waals surface area contributed by atoms with Gasteiger partial charge in [0.05, 0.1) is 0 Å². The van der Waals surface area contributed by atoms with Crippen LogP contribution in [0.2, 0.25) is 5.02 Å². The molecule has 0 aliphatic carbocycles. The minimum absolute atomic E-state index is 0.495. The van der Waals surface area contributed by atoms with Gasteiger partial charge in [-0.1, -0.05) is 11.6 Å². The van der Waals surface area contributed by atoms with Gasteiger partial charge in [0.15, 0.2) is 0 Å². The van der Waals surface area contributed by atoms with Crippen molar-refractivity contribution in [2.75, 3.05) is 0 Å². The first kappa shape index (κ1) is 13.3. The fourth-order valence-electron chi connectivity index (χ4n) is 2.52. The second kappa shape index (κ2) is 4.69. The van der Waals surface area contributed by atoms with E-state index in [1.165, 1.54) is 0 Å². The highest BCUT2D eigenvalue weighted by Gasteiger charge is 2.23. The molecule has 2 aromatic heterocycles. The van der Waals surface area contributed by atoms with E-state index in [0.717, 1.165) is 22.3 Å². The first-order chi connectivity index (χ1) is 9.47. The largest absolute Gasteiger partial charge is 0.466 e. The molecule has 4 heteroatoms. The number of hydrogen-bond donors (Lipinski definition) is 1. The molecule has 0 aliphatic rings. The van der Waals surface area contributed by atoms with Gasteiger partial charge in [-0.25, -0.2) is 0 Å². The smallest absolute Gasteiger partial charge is 0.140 e. The highest BCUT2D eigenvalue weighted by Crippen LogP contribution is 2.34. The van der Waals surface area contributed by atoms with E-state index in [0.29, 0.717) is 22.1 Å². The highest BCUT2D eigenvalue weighted by atomic mass is 35.5. The molecule has 0 saturated carbocycles. The summed E-state index contributed by atoms with van der Waals surface area (Å²) in [6.07, 6.45) is -0.835. The molecule has 0 aliphatic heterocycles. The molecule has 0 spiro atoms. The number of aliphatic hydroxyl groups is 1. The van der Waals surface area contributed by atoms with Gasteiger partial charge in [0, 0.05) is 16.0 Å².